The summed E-state index contributed by atoms with van der Waals surface area (Å²) in [5.41, 5.74) is 8.38. The van der Waals surface area contributed by atoms with Crippen LogP contribution in [0, 0.1) is 6.92 Å². The van der Waals surface area contributed by atoms with E-state index >= 15 is 0 Å². The Kier molecular flexibility index (Phi) is 4.96. The Bertz CT molecular complexity index is 1160. The van der Waals surface area contributed by atoms with Crippen molar-refractivity contribution < 1.29 is 14.1 Å². The van der Waals surface area contributed by atoms with Crippen molar-refractivity contribution in [3.63, 3.8) is 0 Å². The van der Waals surface area contributed by atoms with Gasteiger partial charge in [0, 0.05) is 19.3 Å². The number of rotatable bonds is 4. The summed E-state index contributed by atoms with van der Waals surface area (Å²) in [4.78, 5) is 30.7. The molecule has 8 heteroatoms. The Morgan fingerprint density at radius 3 is 2.93 bits per heavy atom. The van der Waals surface area contributed by atoms with Crippen molar-refractivity contribution in [2.45, 2.75) is 45.8 Å². The topological polar surface area (TPSA) is 103 Å². The summed E-state index contributed by atoms with van der Waals surface area (Å²) in [7, 11) is 0. The minimum Gasteiger partial charge on any atom is -0.376 e. The van der Waals surface area contributed by atoms with Gasteiger partial charge in [-0.3, -0.25) is 14.0 Å². The number of nitrogens with one attached hydrogen (secondary N) is 1. The Labute approximate surface area is 168 Å². The first-order valence-electron chi connectivity index (χ1n) is 9.93. The van der Waals surface area contributed by atoms with Crippen molar-refractivity contribution in [2.75, 3.05) is 18.9 Å². The van der Waals surface area contributed by atoms with Crippen LogP contribution in [0.2, 0.25) is 0 Å². The number of fused-ring (bicyclic) bond motifs is 2. The molecular weight excluding hydrogens is 370 g/mol. The van der Waals surface area contributed by atoms with Gasteiger partial charge in [-0.25, -0.2) is 4.57 Å². The van der Waals surface area contributed by atoms with Crippen molar-refractivity contribution in [1.82, 2.24) is 14.7 Å². The van der Waals surface area contributed by atoms with Crippen molar-refractivity contribution in [3.05, 3.63) is 45.9 Å². The van der Waals surface area contributed by atoms with Crippen molar-refractivity contribution in [1.29, 1.82) is 0 Å². The largest absolute Gasteiger partial charge is 0.376 e. The number of nitrogens with zero attached hydrogens (tertiary/aromatic N) is 3. The second kappa shape index (κ2) is 7.44. The molecular formula is C21H26N5O3+. The normalized spacial score (nSPS) is 16.8. The van der Waals surface area contributed by atoms with Gasteiger partial charge in [-0.2, -0.15) is 0 Å². The lowest BCUT2D eigenvalue weighted by molar-refractivity contribution is -0.679. The standard InChI is InChI=1S/C21H25N5O3/c1-12(2)26-18(22)15(20(27)23-10-14-5-4-8-29-14)9-16-19(26)24-17-7-6-13(3)11-25(17)21(16)28/h6-7,9,11-12,14,22H,4-5,8,10H2,1-3H3,(H,23,27)/p+1/t14-/m0/s1. The van der Waals surface area contributed by atoms with Crippen LogP contribution in [-0.4, -0.2) is 34.5 Å². The second-order valence-corrected chi connectivity index (χ2v) is 7.84. The number of aryl methyl sites for hydroxylation is 1. The summed E-state index contributed by atoms with van der Waals surface area (Å²) in [6.45, 7) is 6.95. The summed E-state index contributed by atoms with van der Waals surface area (Å²) < 4.78 is 8.82. The molecule has 152 valence electrons. The monoisotopic (exact) mass is 396 g/mol. The molecule has 8 nitrogen and oxygen atoms in total. The molecule has 1 aliphatic rings. The van der Waals surface area contributed by atoms with Gasteiger partial charge < -0.3 is 15.8 Å². The van der Waals surface area contributed by atoms with Gasteiger partial charge in [-0.15, -0.1) is 0 Å². The molecule has 3 aromatic rings. The lowest BCUT2D eigenvalue weighted by Crippen LogP contribution is -2.44. The van der Waals surface area contributed by atoms with Crippen molar-refractivity contribution in [2.24, 2.45) is 0 Å². The summed E-state index contributed by atoms with van der Waals surface area (Å²) in [6, 6.07) is 5.18. The molecule has 4 heterocycles. The molecule has 1 atom stereocenters. The average Bonchev–Trinajstić information content (AvgIpc) is 3.20. The second-order valence-electron chi connectivity index (χ2n) is 7.84. The van der Waals surface area contributed by atoms with Gasteiger partial charge in [0.1, 0.15) is 10.9 Å². The predicted octanol–water partition coefficient (Wildman–Crippen LogP) is 1.52. The number of aromatic nitrogens is 3. The number of ether oxygens (including phenoxy) is 1. The van der Waals surface area contributed by atoms with Gasteiger partial charge in [0.2, 0.25) is 11.5 Å². The summed E-state index contributed by atoms with van der Waals surface area (Å²) >= 11 is 0. The van der Waals surface area contributed by atoms with Crippen LogP contribution in [0.4, 0.5) is 5.82 Å². The molecule has 1 saturated heterocycles. The molecule has 0 saturated carbocycles. The highest BCUT2D eigenvalue weighted by Gasteiger charge is 2.26. The molecule has 1 aliphatic heterocycles. The maximum atomic E-state index is 13.2. The van der Waals surface area contributed by atoms with E-state index in [0.717, 1.165) is 25.0 Å². The minimum absolute atomic E-state index is 0.0251. The number of pyridine rings is 2. The van der Waals surface area contributed by atoms with Gasteiger partial charge >= 0.3 is 0 Å². The zero-order valence-electron chi connectivity index (χ0n) is 16.9. The first-order valence-corrected chi connectivity index (χ1v) is 9.93. The highest BCUT2D eigenvalue weighted by atomic mass is 16.5. The summed E-state index contributed by atoms with van der Waals surface area (Å²) in [5, 5.41) is 3.25. The van der Waals surface area contributed by atoms with Crippen molar-refractivity contribution >= 4 is 28.4 Å². The first kappa shape index (κ1) is 19.3. The van der Waals surface area contributed by atoms with Gasteiger partial charge in [-0.05, 0) is 51.3 Å². The summed E-state index contributed by atoms with van der Waals surface area (Å²) in [6.07, 6.45) is 3.70. The number of nitrogen functional groups attached to an aromatic ring is 1. The van der Waals surface area contributed by atoms with E-state index in [-0.39, 0.29) is 29.2 Å². The van der Waals surface area contributed by atoms with E-state index in [1.165, 1.54) is 4.40 Å². The fraction of sp³-hybridized carbons (Fsp3) is 0.429. The number of carbonyl (C=O) groups is 1. The van der Waals surface area contributed by atoms with E-state index < -0.39 is 0 Å². The number of nitrogens with two attached hydrogens (primary N) is 1. The maximum absolute atomic E-state index is 13.2. The Hall–Kier alpha value is -3.00. The maximum Gasteiger partial charge on any atom is 0.278 e. The smallest absolute Gasteiger partial charge is 0.278 e. The molecule has 29 heavy (non-hydrogen) atoms. The highest BCUT2D eigenvalue weighted by molar-refractivity contribution is 6.00. The molecule has 0 radical (unpaired) electrons. The van der Waals surface area contributed by atoms with Crippen LogP contribution < -0.4 is 21.2 Å². The van der Waals surface area contributed by atoms with Gasteiger partial charge in [0.25, 0.3) is 17.1 Å². The van der Waals surface area contributed by atoms with E-state index in [0.29, 0.717) is 29.0 Å². The van der Waals surface area contributed by atoms with E-state index in [2.05, 4.69) is 10.3 Å². The summed E-state index contributed by atoms with van der Waals surface area (Å²) in [5.74, 6) is -0.0243. The SMILES string of the molecule is Cc1ccc2nc3c(cc(C(=O)NC[C@@H]4CCCO4)c(N)[n+]3C(C)C)c(=O)n2c1. The average molecular weight is 396 g/mol. The van der Waals surface area contributed by atoms with E-state index in [1.54, 1.807) is 22.9 Å². The molecule has 1 fully saturated rings. The molecule has 0 unspecified atom stereocenters. The minimum atomic E-state index is -0.317. The number of amides is 1. The number of hydrogen-bond donors (Lipinski definition) is 2. The van der Waals surface area contributed by atoms with Crippen LogP contribution in [0.3, 0.4) is 0 Å². The van der Waals surface area contributed by atoms with Crippen LogP contribution in [0.15, 0.2) is 29.2 Å². The third kappa shape index (κ3) is 3.44. The van der Waals surface area contributed by atoms with Gasteiger partial charge in [0.05, 0.1) is 12.1 Å². The van der Waals surface area contributed by atoms with E-state index in [4.69, 9.17) is 10.5 Å². The fourth-order valence-electron chi connectivity index (χ4n) is 3.83. The molecule has 3 N–H and O–H groups in total. The molecule has 3 aromatic heterocycles. The molecule has 0 aliphatic carbocycles. The van der Waals surface area contributed by atoms with Crippen molar-refractivity contribution in [3.8, 4) is 0 Å². The van der Waals surface area contributed by atoms with Crippen LogP contribution in [0.1, 0.15) is 48.7 Å². The Balaban J connectivity index is 1.87. The zero-order valence-corrected chi connectivity index (χ0v) is 16.9. The van der Waals surface area contributed by atoms with E-state index in [1.807, 2.05) is 26.8 Å². The lowest BCUT2D eigenvalue weighted by atomic mass is 10.1. The lowest BCUT2D eigenvalue weighted by Gasteiger charge is -2.15. The van der Waals surface area contributed by atoms with Crippen LogP contribution >= 0.6 is 0 Å². The molecule has 0 spiro atoms. The van der Waals surface area contributed by atoms with E-state index in [9.17, 15) is 9.59 Å². The number of hydrogen-bond acceptors (Lipinski definition) is 5. The van der Waals surface area contributed by atoms with Crippen LogP contribution in [0.5, 0.6) is 0 Å². The molecule has 1 amide bonds. The fourth-order valence-corrected chi connectivity index (χ4v) is 3.83. The Morgan fingerprint density at radius 2 is 2.24 bits per heavy atom. The molecule has 0 aromatic carbocycles. The number of anilines is 1. The third-order valence-electron chi connectivity index (χ3n) is 5.31. The predicted molar refractivity (Wildman–Crippen MR) is 110 cm³/mol. The quantitative estimate of drug-likeness (QED) is 0.514. The highest BCUT2D eigenvalue weighted by Crippen LogP contribution is 2.18. The Morgan fingerprint density at radius 1 is 1.45 bits per heavy atom. The van der Waals surface area contributed by atoms with Crippen LogP contribution in [0.25, 0.3) is 16.7 Å². The first-order chi connectivity index (χ1) is 13.9. The molecule has 4 rings (SSSR count). The molecule has 0 bridgehead atoms. The number of carbonyl (C=O) groups excluding carboxylic acids is 1. The van der Waals surface area contributed by atoms with Crippen LogP contribution in [-0.2, 0) is 4.74 Å². The van der Waals surface area contributed by atoms with Gasteiger partial charge in [-0.1, -0.05) is 11.1 Å². The van der Waals surface area contributed by atoms with Gasteiger partial charge in [0.15, 0.2) is 0 Å². The third-order valence-corrected chi connectivity index (χ3v) is 5.31. The zero-order chi connectivity index (χ0) is 20.7.